The highest BCUT2D eigenvalue weighted by atomic mass is 16.5. The molecule has 0 amide bonds. The van der Waals surface area contributed by atoms with Gasteiger partial charge in [0.2, 0.25) is 5.88 Å². The zero-order valence-corrected chi connectivity index (χ0v) is 12.3. The summed E-state index contributed by atoms with van der Waals surface area (Å²) in [6, 6.07) is 1.82. The Balaban J connectivity index is 2.18. The Hall–Kier alpha value is -2.11. The minimum Gasteiger partial charge on any atom is -0.436 e. The molecule has 0 unspecified atom stereocenters. The fourth-order valence-electron chi connectivity index (χ4n) is 1.78. The third-order valence-electron chi connectivity index (χ3n) is 2.68. The number of hydrogen-bond donors (Lipinski definition) is 1. The molecule has 0 spiro atoms. The van der Waals surface area contributed by atoms with Crippen molar-refractivity contribution in [2.75, 3.05) is 11.9 Å². The third kappa shape index (κ3) is 3.94. The summed E-state index contributed by atoms with van der Waals surface area (Å²) in [4.78, 5) is 8.91. The molecule has 0 aliphatic rings. The Morgan fingerprint density at radius 1 is 1.25 bits per heavy atom. The number of aryl methyl sites for hydroxylation is 2. The van der Waals surface area contributed by atoms with Gasteiger partial charge in [-0.1, -0.05) is 13.8 Å². The van der Waals surface area contributed by atoms with Gasteiger partial charge < -0.3 is 10.1 Å². The molecule has 0 aliphatic carbocycles. The van der Waals surface area contributed by atoms with Crippen molar-refractivity contribution >= 4 is 5.82 Å². The average molecular weight is 275 g/mol. The minimum atomic E-state index is 0.551. The van der Waals surface area contributed by atoms with Gasteiger partial charge in [0.05, 0.1) is 12.4 Å². The van der Waals surface area contributed by atoms with Crippen LogP contribution in [0.15, 0.2) is 18.5 Å². The van der Waals surface area contributed by atoms with Crippen LogP contribution in [0.3, 0.4) is 0 Å². The Labute approximate surface area is 119 Å². The van der Waals surface area contributed by atoms with Crippen molar-refractivity contribution < 1.29 is 4.74 Å². The van der Waals surface area contributed by atoms with Crippen molar-refractivity contribution in [3.8, 4) is 11.6 Å². The molecule has 2 rings (SSSR count). The number of nitrogens with one attached hydrogen (secondary N) is 1. The number of anilines is 1. The zero-order valence-electron chi connectivity index (χ0n) is 12.3. The van der Waals surface area contributed by atoms with Crippen LogP contribution in [-0.2, 0) is 13.5 Å². The van der Waals surface area contributed by atoms with E-state index in [0.717, 1.165) is 37.4 Å². The van der Waals surface area contributed by atoms with Crippen molar-refractivity contribution in [3.05, 3.63) is 24.3 Å². The van der Waals surface area contributed by atoms with E-state index in [-0.39, 0.29) is 0 Å². The molecule has 6 nitrogen and oxygen atoms in total. The van der Waals surface area contributed by atoms with Crippen LogP contribution < -0.4 is 10.1 Å². The standard InChI is InChI=1S/C14H21N5O/c1-4-6-12-17-13(15-7-5-2)8-14(18-12)20-11-9-16-19(3)10-11/h8-10H,4-7H2,1-3H3,(H,15,17,18). The van der Waals surface area contributed by atoms with Crippen LogP contribution in [0.25, 0.3) is 0 Å². The predicted molar refractivity (Wildman–Crippen MR) is 78.1 cm³/mol. The molecule has 2 heterocycles. The van der Waals surface area contributed by atoms with Crippen molar-refractivity contribution in [3.63, 3.8) is 0 Å². The van der Waals surface area contributed by atoms with E-state index >= 15 is 0 Å². The molecule has 0 bridgehead atoms. The first kappa shape index (κ1) is 14.3. The van der Waals surface area contributed by atoms with Gasteiger partial charge >= 0.3 is 0 Å². The Bertz CT molecular complexity index is 552. The molecule has 6 heteroatoms. The van der Waals surface area contributed by atoms with Gasteiger partial charge in [-0.15, -0.1) is 0 Å². The normalized spacial score (nSPS) is 10.6. The van der Waals surface area contributed by atoms with Crippen LogP contribution in [0.4, 0.5) is 5.82 Å². The van der Waals surface area contributed by atoms with Gasteiger partial charge in [0.25, 0.3) is 0 Å². The van der Waals surface area contributed by atoms with E-state index in [4.69, 9.17) is 4.74 Å². The lowest BCUT2D eigenvalue weighted by atomic mass is 10.3. The summed E-state index contributed by atoms with van der Waals surface area (Å²) in [5, 5.41) is 7.35. The van der Waals surface area contributed by atoms with E-state index in [1.807, 2.05) is 13.1 Å². The lowest BCUT2D eigenvalue weighted by molar-refractivity contribution is 0.458. The molecule has 0 saturated heterocycles. The molecule has 108 valence electrons. The highest BCUT2D eigenvalue weighted by Crippen LogP contribution is 2.21. The topological polar surface area (TPSA) is 64.9 Å². The van der Waals surface area contributed by atoms with Crippen LogP contribution in [0, 0.1) is 0 Å². The Morgan fingerprint density at radius 2 is 2.10 bits per heavy atom. The Morgan fingerprint density at radius 3 is 2.75 bits per heavy atom. The summed E-state index contributed by atoms with van der Waals surface area (Å²) in [7, 11) is 1.85. The first-order valence-electron chi connectivity index (χ1n) is 6.99. The minimum absolute atomic E-state index is 0.551. The fraction of sp³-hybridized carbons (Fsp3) is 0.500. The maximum absolute atomic E-state index is 5.73. The number of ether oxygens (including phenoxy) is 1. The molecule has 0 saturated carbocycles. The van der Waals surface area contributed by atoms with Gasteiger partial charge in [-0.3, -0.25) is 4.68 Å². The molecule has 0 radical (unpaired) electrons. The molecule has 0 aromatic carbocycles. The van der Waals surface area contributed by atoms with Crippen molar-refractivity contribution in [2.45, 2.75) is 33.1 Å². The van der Waals surface area contributed by atoms with Crippen molar-refractivity contribution in [1.82, 2.24) is 19.7 Å². The van der Waals surface area contributed by atoms with E-state index in [9.17, 15) is 0 Å². The summed E-state index contributed by atoms with van der Waals surface area (Å²) in [6.45, 7) is 5.11. The van der Waals surface area contributed by atoms with E-state index in [0.29, 0.717) is 11.6 Å². The average Bonchev–Trinajstić information content (AvgIpc) is 2.82. The quantitative estimate of drug-likeness (QED) is 0.841. The molecule has 2 aromatic rings. The smallest absolute Gasteiger partial charge is 0.224 e. The van der Waals surface area contributed by atoms with Crippen LogP contribution in [0.5, 0.6) is 11.6 Å². The zero-order chi connectivity index (χ0) is 14.4. The molecule has 20 heavy (non-hydrogen) atoms. The lowest BCUT2D eigenvalue weighted by Crippen LogP contribution is -2.06. The molecule has 0 fully saturated rings. The lowest BCUT2D eigenvalue weighted by Gasteiger charge is -2.09. The summed E-state index contributed by atoms with van der Waals surface area (Å²) in [5.74, 6) is 2.84. The van der Waals surface area contributed by atoms with Crippen LogP contribution in [-0.4, -0.2) is 26.3 Å². The van der Waals surface area contributed by atoms with Gasteiger partial charge in [0.1, 0.15) is 11.6 Å². The first-order valence-corrected chi connectivity index (χ1v) is 6.99. The van der Waals surface area contributed by atoms with Gasteiger partial charge in [-0.05, 0) is 12.8 Å². The fourth-order valence-corrected chi connectivity index (χ4v) is 1.78. The number of nitrogens with zero attached hydrogens (tertiary/aromatic N) is 4. The van der Waals surface area contributed by atoms with Crippen molar-refractivity contribution in [2.24, 2.45) is 7.05 Å². The van der Waals surface area contributed by atoms with E-state index in [2.05, 4.69) is 34.2 Å². The molecule has 1 N–H and O–H groups in total. The highest BCUT2D eigenvalue weighted by molar-refractivity contribution is 5.39. The summed E-state index contributed by atoms with van der Waals surface area (Å²) in [5.41, 5.74) is 0. The molecular weight excluding hydrogens is 254 g/mol. The second-order valence-electron chi connectivity index (χ2n) is 4.64. The number of aromatic nitrogens is 4. The maximum atomic E-state index is 5.73. The molecule has 2 aromatic heterocycles. The number of rotatable bonds is 7. The molecule has 0 aliphatic heterocycles. The summed E-state index contributed by atoms with van der Waals surface area (Å²) < 4.78 is 7.43. The van der Waals surface area contributed by atoms with Gasteiger partial charge in [0, 0.05) is 26.1 Å². The summed E-state index contributed by atoms with van der Waals surface area (Å²) in [6.07, 6.45) is 6.36. The largest absolute Gasteiger partial charge is 0.436 e. The monoisotopic (exact) mass is 275 g/mol. The van der Waals surface area contributed by atoms with Crippen LogP contribution in [0.1, 0.15) is 32.5 Å². The summed E-state index contributed by atoms with van der Waals surface area (Å²) >= 11 is 0. The van der Waals surface area contributed by atoms with E-state index < -0.39 is 0 Å². The highest BCUT2D eigenvalue weighted by Gasteiger charge is 2.07. The van der Waals surface area contributed by atoms with Gasteiger partial charge in [-0.2, -0.15) is 10.1 Å². The van der Waals surface area contributed by atoms with Crippen molar-refractivity contribution in [1.29, 1.82) is 0 Å². The maximum Gasteiger partial charge on any atom is 0.224 e. The predicted octanol–water partition coefficient (Wildman–Crippen LogP) is 2.78. The van der Waals surface area contributed by atoms with E-state index in [1.165, 1.54) is 0 Å². The Kier molecular flexibility index (Phi) is 4.92. The molecular formula is C14H21N5O. The molecule has 0 atom stereocenters. The second kappa shape index (κ2) is 6.88. The number of hydrogen-bond acceptors (Lipinski definition) is 5. The third-order valence-corrected chi connectivity index (χ3v) is 2.68. The second-order valence-corrected chi connectivity index (χ2v) is 4.64. The first-order chi connectivity index (χ1) is 9.71. The van der Waals surface area contributed by atoms with Gasteiger partial charge in [0.15, 0.2) is 5.75 Å². The van der Waals surface area contributed by atoms with Crippen LogP contribution >= 0.6 is 0 Å². The van der Waals surface area contributed by atoms with Crippen LogP contribution in [0.2, 0.25) is 0 Å². The van der Waals surface area contributed by atoms with Gasteiger partial charge in [-0.25, -0.2) is 4.98 Å². The SMILES string of the molecule is CCCNc1cc(Oc2cnn(C)c2)nc(CCC)n1. The van der Waals surface area contributed by atoms with E-state index in [1.54, 1.807) is 17.1 Å².